The lowest BCUT2D eigenvalue weighted by molar-refractivity contribution is 0.0952. The van der Waals surface area contributed by atoms with Gasteiger partial charge in [0.25, 0.3) is 5.91 Å². The van der Waals surface area contributed by atoms with Crippen molar-refractivity contribution in [2.24, 2.45) is 0 Å². The number of anilines is 1. The maximum absolute atomic E-state index is 12.1. The predicted molar refractivity (Wildman–Crippen MR) is 83.4 cm³/mol. The van der Waals surface area contributed by atoms with E-state index >= 15 is 0 Å². The van der Waals surface area contributed by atoms with E-state index in [1.54, 1.807) is 0 Å². The molecule has 1 aromatic rings. The van der Waals surface area contributed by atoms with Gasteiger partial charge >= 0.3 is 0 Å². The average molecular weight is 275 g/mol. The third kappa shape index (κ3) is 3.73. The van der Waals surface area contributed by atoms with Crippen molar-refractivity contribution in [3.05, 3.63) is 29.3 Å². The number of rotatable bonds is 7. The van der Waals surface area contributed by atoms with Crippen LogP contribution in [0.4, 0.5) is 5.69 Å². The van der Waals surface area contributed by atoms with Crippen LogP contribution < -0.4 is 10.6 Å². The highest BCUT2D eigenvalue weighted by Gasteiger charge is 2.13. The topological polar surface area (TPSA) is 44.4 Å². The number of amides is 1. The fourth-order valence-corrected chi connectivity index (χ4v) is 2.59. The molecule has 1 aliphatic heterocycles. The van der Waals surface area contributed by atoms with Crippen LogP contribution in [0.15, 0.2) is 18.2 Å². The maximum atomic E-state index is 12.1. The van der Waals surface area contributed by atoms with Crippen molar-refractivity contribution in [3.8, 4) is 0 Å². The number of nitrogens with zero attached hydrogens (tertiary/aromatic N) is 1. The smallest absolute Gasteiger partial charge is 0.251 e. The van der Waals surface area contributed by atoms with Crippen LogP contribution in [0.1, 0.15) is 36.2 Å². The van der Waals surface area contributed by atoms with Crippen LogP contribution in [0.3, 0.4) is 0 Å². The minimum Gasteiger partial charge on any atom is -0.384 e. The Labute approximate surface area is 121 Å². The van der Waals surface area contributed by atoms with E-state index in [1.165, 1.54) is 11.3 Å². The molecule has 1 heterocycles. The number of nitrogens with one attached hydrogen (secondary N) is 2. The Balaban J connectivity index is 1.77. The molecule has 0 aromatic heterocycles. The van der Waals surface area contributed by atoms with Gasteiger partial charge in [-0.3, -0.25) is 4.79 Å². The Kier molecular flexibility index (Phi) is 5.41. The van der Waals surface area contributed by atoms with Crippen LogP contribution in [-0.2, 0) is 6.42 Å². The Morgan fingerprint density at radius 1 is 1.35 bits per heavy atom. The van der Waals surface area contributed by atoms with E-state index < -0.39 is 0 Å². The summed E-state index contributed by atoms with van der Waals surface area (Å²) in [6, 6.07) is 5.92. The molecule has 2 N–H and O–H groups in total. The van der Waals surface area contributed by atoms with Gasteiger partial charge in [0.2, 0.25) is 0 Å². The monoisotopic (exact) mass is 275 g/mol. The first-order chi connectivity index (χ1) is 9.74. The molecule has 4 nitrogen and oxygen atoms in total. The van der Waals surface area contributed by atoms with Gasteiger partial charge < -0.3 is 15.5 Å². The van der Waals surface area contributed by atoms with Crippen molar-refractivity contribution >= 4 is 11.6 Å². The quantitative estimate of drug-likeness (QED) is 0.749. The zero-order valence-corrected chi connectivity index (χ0v) is 12.5. The van der Waals surface area contributed by atoms with Gasteiger partial charge in [-0.2, -0.15) is 0 Å². The molecule has 0 atom stereocenters. The normalized spacial score (nSPS) is 13.2. The Morgan fingerprint density at radius 2 is 2.15 bits per heavy atom. The van der Waals surface area contributed by atoms with Crippen molar-refractivity contribution in [2.45, 2.75) is 26.7 Å². The molecule has 1 amide bonds. The lowest BCUT2D eigenvalue weighted by Gasteiger charge is -2.17. The Hall–Kier alpha value is -1.55. The van der Waals surface area contributed by atoms with Crippen LogP contribution in [0.5, 0.6) is 0 Å². The van der Waals surface area contributed by atoms with E-state index in [0.29, 0.717) is 0 Å². The van der Waals surface area contributed by atoms with Gasteiger partial charge in [-0.25, -0.2) is 0 Å². The lowest BCUT2D eigenvalue weighted by Crippen LogP contribution is -2.29. The molecule has 4 heteroatoms. The molecule has 110 valence electrons. The van der Waals surface area contributed by atoms with Gasteiger partial charge in [-0.1, -0.05) is 13.8 Å². The molecule has 0 spiro atoms. The first-order valence-corrected chi connectivity index (χ1v) is 7.62. The highest BCUT2D eigenvalue weighted by molar-refractivity contribution is 5.95. The molecule has 0 saturated carbocycles. The minimum absolute atomic E-state index is 0.0410. The third-order valence-electron chi connectivity index (χ3n) is 3.91. The second-order valence-corrected chi connectivity index (χ2v) is 5.19. The molecule has 0 aliphatic carbocycles. The summed E-state index contributed by atoms with van der Waals surface area (Å²) in [5.74, 6) is 0.0410. The summed E-state index contributed by atoms with van der Waals surface area (Å²) in [4.78, 5) is 14.5. The van der Waals surface area contributed by atoms with Crippen molar-refractivity contribution in [3.63, 3.8) is 0 Å². The van der Waals surface area contributed by atoms with Crippen LogP contribution in [0, 0.1) is 0 Å². The van der Waals surface area contributed by atoms with Crippen LogP contribution in [-0.4, -0.2) is 43.5 Å². The van der Waals surface area contributed by atoms with Crippen LogP contribution in [0.2, 0.25) is 0 Å². The second-order valence-electron chi connectivity index (χ2n) is 5.19. The fourth-order valence-electron chi connectivity index (χ4n) is 2.59. The zero-order valence-electron chi connectivity index (χ0n) is 12.5. The van der Waals surface area contributed by atoms with Crippen molar-refractivity contribution in [1.82, 2.24) is 10.2 Å². The van der Waals surface area contributed by atoms with E-state index in [2.05, 4.69) is 29.4 Å². The van der Waals surface area contributed by atoms with Gasteiger partial charge in [0.1, 0.15) is 0 Å². The molecule has 0 radical (unpaired) electrons. The van der Waals surface area contributed by atoms with Gasteiger partial charge in [-0.05, 0) is 56.2 Å². The van der Waals surface area contributed by atoms with E-state index in [4.69, 9.17) is 0 Å². The lowest BCUT2D eigenvalue weighted by atomic mass is 10.1. The summed E-state index contributed by atoms with van der Waals surface area (Å²) in [6.07, 6.45) is 2.01. The summed E-state index contributed by atoms with van der Waals surface area (Å²) in [5.41, 5.74) is 3.19. The number of benzene rings is 1. The van der Waals surface area contributed by atoms with E-state index in [9.17, 15) is 4.79 Å². The van der Waals surface area contributed by atoms with Gasteiger partial charge in [-0.15, -0.1) is 0 Å². The fraction of sp³-hybridized carbons (Fsp3) is 0.562. The number of hydrogen-bond acceptors (Lipinski definition) is 3. The van der Waals surface area contributed by atoms with Crippen molar-refractivity contribution < 1.29 is 4.79 Å². The molecule has 2 rings (SSSR count). The number of carbonyl (C=O) groups excluding carboxylic acids is 1. The Bertz CT molecular complexity index is 455. The van der Waals surface area contributed by atoms with Crippen LogP contribution in [0.25, 0.3) is 0 Å². The molecule has 1 aromatic carbocycles. The second kappa shape index (κ2) is 7.29. The molecule has 0 saturated heterocycles. The molecule has 20 heavy (non-hydrogen) atoms. The Morgan fingerprint density at radius 3 is 2.90 bits per heavy atom. The molecular formula is C16H25N3O. The van der Waals surface area contributed by atoms with E-state index in [0.717, 1.165) is 51.1 Å². The summed E-state index contributed by atoms with van der Waals surface area (Å²) in [5, 5.41) is 6.31. The molecular weight excluding hydrogens is 250 g/mol. The maximum Gasteiger partial charge on any atom is 0.251 e. The average Bonchev–Trinajstić information content (AvgIpc) is 2.94. The summed E-state index contributed by atoms with van der Waals surface area (Å²) >= 11 is 0. The zero-order chi connectivity index (χ0) is 14.4. The first-order valence-electron chi connectivity index (χ1n) is 7.62. The summed E-state index contributed by atoms with van der Waals surface area (Å²) < 4.78 is 0. The van der Waals surface area contributed by atoms with Gasteiger partial charge in [0, 0.05) is 24.3 Å². The van der Waals surface area contributed by atoms with Gasteiger partial charge in [0.05, 0.1) is 0 Å². The third-order valence-corrected chi connectivity index (χ3v) is 3.91. The standard InChI is InChI=1S/C16H25N3O/c1-3-19(4-2)11-5-9-18-16(20)14-6-7-15-13(12-14)8-10-17-15/h6-7,12,17H,3-5,8-11H2,1-2H3,(H,18,20). The highest BCUT2D eigenvalue weighted by atomic mass is 16.1. The molecule has 1 aliphatic rings. The van der Waals surface area contributed by atoms with Crippen molar-refractivity contribution in [2.75, 3.05) is 38.0 Å². The molecule has 0 bridgehead atoms. The van der Waals surface area contributed by atoms with E-state index in [-0.39, 0.29) is 5.91 Å². The molecule has 0 unspecified atom stereocenters. The van der Waals surface area contributed by atoms with Crippen LogP contribution >= 0.6 is 0 Å². The predicted octanol–water partition coefficient (Wildman–Crippen LogP) is 2.12. The number of hydrogen-bond donors (Lipinski definition) is 2. The minimum atomic E-state index is 0.0410. The number of fused-ring (bicyclic) bond motifs is 1. The summed E-state index contributed by atoms with van der Waals surface area (Å²) in [6.45, 7) is 9.24. The van der Waals surface area contributed by atoms with E-state index in [1.807, 2.05) is 18.2 Å². The molecule has 0 fully saturated rings. The summed E-state index contributed by atoms with van der Waals surface area (Å²) in [7, 11) is 0. The first kappa shape index (κ1) is 14.9. The van der Waals surface area contributed by atoms with Crippen molar-refractivity contribution in [1.29, 1.82) is 0 Å². The highest BCUT2D eigenvalue weighted by Crippen LogP contribution is 2.22. The number of carbonyl (C=O) groups is 1. The SMILES string of the molecule is CCN(CC)CCCNC(=O)c1ccc2c(c1)CCN2. The van der Waals surface area contributed by atoms with Gasteiger partial charge in [0.15, 0.2) is 0 Å². The largest absolute Gasteiger partial charge is 0.384 e.